The lowest BCUT2D eigenvalue weighted by atomic mass is 10.0. The van der Waals surface area contributed by atoms with E-state index in [-0.39, 0.29) is 36.4 Å². The Bertz CT molecular complexity index is 1130. The molecule has 0 saturated carbocycles. The number of carbonyl (C=O) groups is 2. The van der Waals surface area contributed by atoms with Crippen molar-refractivity contribution in [3.05, 3.63) is 63.8 Å². The molecule has 10 nitrogen and oxygen atoms in total. The van der Waals surface area contributed by atoms with Gasteiger partial charge in [0.05, 0.1) is 16.6 Å². The number of hydrogen-bond donors (Lipinski definition) is 1. The maximum atomic E-state index is 13.2. The molecule has 0 radical (unpaired) electrons. The van der Waals surface area contributed by atoms with Crippen LogP contribution in [0.5, 0.6) is 11.5 Å². The van der Waals surface area contributed by atoms with Crippen LogP contribution in [0, 0.1) is 10.1 Å². The van der Waals surface area contributed by atoms with E-state index in [1.807, 2.05) is 13.8 Å². The molecular weight excluding hydrogens is 430 g/mol. The number of nitrogens with zero attached hydrogens (tertiary/aromatic N) is 2. The summed E-state index contributed by atoms with van der Waals surface area (Å²) in [7, 11) is 0. The minimum Gasteiger partial charge on any atom is -0.454 e. The minimum atomic E-state index is -0.521. The number of nitrogens with one attached hydrogen (secondary N) is 1. The third-order valence-corrected chi connectivity index (χ3v) is 5.15. The zero-order chi connectivity index (χ0) is 23.5. The van der Waals surface area contributed by atoms with Crippen LogP contribution in [0.1, 0.15) is 25.8 Å². The van der Waals surface area contributed by atoms with Gasteiger partial charge >= 0.3 is 0 Å². The smallest absolute Gasteiger partial charge is 0.278 e. The number of carbonyl (C=O) groups excluding carboxylic acids is 2. The average molecular weight is 453 g/mol. The Hall–Kier alpha value is -3.92. The summed E-state index contributed by atoms with van der Waals surface area (Å²) in [6, 6.07) is 10.6. The Labute approximate surface area is 189 Å². The van der Waals surface area contributed by atoms with Crippen LogP contribution in [0.3, 0.4) is 0 Å². The summed E-state index contributed by atoms with van der Waals surface area (Å²) in [5.41, 5.74) is 1.09. The third kappa shape index (κ3) is 4.65. The van der Waals surface area contributed by atoms with Crippen molar-refractivity contribution < 1.29 is 28.7 Å². The molecule has 0 spiro atoms. The maximum Gasteiger partial charge on any atom is 0.278 e. The average Bonchev–Trinajstić information content (AvgIpc) is 3.34. The van der Waals surface area contributed by atoms with Gasteiger partial charge in [0.15, 0.2) is 11.5 Å². The molecule has 0 bridgehead atoms. The van der Waals surface area contributed by atoms with Crippen molar-refractivity contribution in [1.29, 1.82) is 0 Å². The fourth-order valence-electron chi connectivity index (χ4n) is 3.57. The number of hydrogen-bond acceptors (Lipinski definition) is 8. The summed E-state index contributed by atoms with van der Waals surface area (Å²) in [5, 5.41) is 14.1. The molecule has 2 aliphatic rings. The number of nitro benzene ring substituents is 1. The zero-order valence-corrected chi connectivity index (χ0v) is 18.2. The number of anilines is 1. The van der Waals surface area contributed by atoms with Gasteiger partial charge in [-0.25, -0.2) is 0 Å². The molecule has 0 fully saturated rings. The van der Waals surface area contributed by atoms with Crippen molar-refractivity contribution in [2.75, 3.05) is 25.3 Å². The van der Waals surface area contributed by atoms with Crippen LogP contribution < -0.4 is 14.8 Å². The fraction of sp³-hybridized carbons (Fsp3) is 0.304. The van der Waals surface area contributed by atoms with Crippen LogP contribution in [-0.4, -0.2) is 47.7 Å². The summed E-state index contributed by atoms with van der Waals surface area (Å²) in [5.74, 6) is 0.167. The Morgan fingerprint density at radius 1 is 1.09 bits per heavy atom. The fourth-order valence-corrected chi connectivity index (χ4v) is 3.57. The Morgan fingerprint density at radius 2 is 1.82 bits per heavy atom. The Morgan fingerprint density at radius 3 is 2.52 bits per heavy atom. The van der Waals surface area contributed by atoms with Crippen LogP contribution in [0.2, 0.25) is 0 Å². The van der Waals surface area contributed by atoms with E-state index < -0.39 is 16.7 Å². The molecule has 0 unspecified atom stereocenters. The van der Waals surface area contributed by atoms with Crippen molar-refractivity contribution in [2.45, 2.75) is 26.4 Å². The van der Waals surface area contributed by atoms with Crippen LogP contribution >= 0.6 is 0 Å². The van der Waals surface area contributed by atoms with Crippen molar-refractivity contribution in [2.24, 2.45) is 0 Å². The standard InChI is InChI=1S/C23H23N3O7/c1-14(2)31-11-3-10-25-22(27)20(15-4-7-17(8-5-15)26(29)30)21(23(25)28)24-16-6-9-18-19(12-16)33-13-32-18/h4-9,12,14,24H,3,10-11,13H2,1-2H3. The molecule has 33 heavy (non-hydrogen) atoms. The SMILES string of the molecule is CC(C)OCCCN1C(=O)C(Nc2ccc3c(c2)OCO3)=C(c2ccc([N+](=O)[O-])cc2)C1=O. The summed E-state index contributed by atoms with van der Waals surface area (Å²) >= 11 is 0. The molecule has 1 N–H and O–H groups in total. The van der Waals surface area contributed by atoms with Crippen LogP contribution in [-0.2, 0) is 14.3 Å². The lowest BCUT2D eigenvalue weighted by molar-refractivity contribution is -0.384. The first kappa shape index (κ1) is 22.3. The van der Waals surface area contributed by atoms with Crippen LogP contribution in [0.25, 0.3) is 5.57 Å². The van der Waals surface area contributed by atoms with Gasteiger partial charge in [0.25, 0.3) is 17.5 Å². The Balaban J connectivity index is 1.64. The van der Waals surface area contributed by atoms with E-state index in [0.29, 0.717) is 35.8 Å². The minimum absolute atomic E-state index is 0.0482. The van der Waals surface area contributed by atoms with Gasteiger partial charge in [-0.05, 0) is 50.1 Å². The molecule has 10 heteroatoms. The van der Waals surface area contributed by atoms with E-state index in [0.717, 1.165) is 4.90 Å². The van der Waals surface area contributed by atoms with Gasteiger partial charge in [0, 0.05) is 37.0 Å². The number of ether oxygens (including phenoxy) is 3. The van der Waals surface area contributed by atoms with Gasteiger partial charge in [0.2, 0.25) is 6.79 Å². The van der Waals surface area contributed by atoms with E-state index >= 15 is 0 Å². The predicted molar refractivity (Wildman–Crippen MR) is 119 cm³/mol. The van der Waals surface area contributed by atoms with Gasteiger partial charge in [-0.3, -0.25) is 24.6 Å². The molecule has 2 amide bonds. The van der Waals surface area contributed by atoms with Crippen LogP contribution in [0.15, 0.2) is 48.2 Å². The highest BCUT2D eigenvalue weighted by Gasteiger charge is 2.39. The van der Waals surface area contributed by atoms with Gasteiger partial charge in [-0.15, -0.1) is 0 Å². The topological polar surface area (TPSA) is 120 Å². The molecule has 0 atom stereocenters. The number of benzene rings is 2. The molecule has 2 aromatic carbocycles. The molecule has 0 aromatic heterocycles. The van der Waals surface area contributed by atoms with E-state index in [1.54, 1.807) is 18.2 Å². The van der Waals surface area contributed by atoms with E-state index in [2.05, 4.69) is 5.32 Å². The molecule has 2 heterocycles. The first-order valence-corrected chi connectivity index (χ1v) is 10.5. The van der Waals surface area contributed by atoms with Crippen molar-refractivity contribution in [3.63, 3.8) is 0 Å². The second-order valence-electron chi connectivity index (χ2n) is 7.78. The molecule has 172 valence electrons. The van der Waals surface area contributed by atoms with E-state index in [4.69, 9.17) is 14.2 Å². The van der Waals surface area contributed by atoms with E-state index in [9.17, 15) is 19.7 Å². The number of amides is 2. The normalized spacial score (nSPS) is 15.1. The second-order valence-corrected chi connectivity index (χ2v) is 7.78. The highest BCUT2D eigenvalue weighted by Crippen LogP contribution is 2.36. The van der Waals surface area contributed by atoms with Gasteiger partial charge in [-0.2, -0.15) is 0 Å². The predicted octanol–water partition coefficient (Wildman–Crippen LogP) is 3.33. The Kier molecular flexibility index (Phi) is 6.27. The zero-order valence-electron chi connectivity index (χ0n) is 18.2. The molecule has 2 aromatic rings. The first-order valence-electron chi connectivity index (χ1n) is 10.5. The first-order chi connectivity index (χ1) is 15.8. The molecule has 0 aliphatic carbocycles. The number of rotatable bonds is 9. The highest BCUT2D eigenvalue weighted by atomic mass is 16.7. The summed E-state index contributed by atoms with van der Waals surface area (Å²) in [4.78, 5) is 38.1. The van der Waals surface area contributed by atoms with Crippen molar-refractivity contribution in [3.8, 4) is 11.5 Å². The van der Waals surface area contributed by atoms with Crippen molar-refractivity contribution in [1.82, 2.24) is 4.90 Å². The van der Waals surface area contributed by atoms with E-state index in [1.165, 1.54) is 24.3 Å². The highest BCUT2D eigenvalue weighted by molar-refractivity contribution is 6.36. The number of fused-ring (bicyclic) bond motifs is 1. The second kappa shape index (κ2) is 9.29. The van der Waals surface area contributed by atoms with Gasteiger partial charge in [-0.1, -0.05) is 0 Å². The van der Waals surface area contributed by atoms with Crippen molar-refractivity contribution >= 4 is 28.8 Å². The third-order valence-electron chi connectivity index (χ3n) is 5.15. The quantitative estimate of drug-likeness (QED) is 0.266. The largest absolute Gasteiger partial charge is 0.454 e. The lowest BCUT2D eigenvalue weighted by Gasteiger charge is -2.16. The summed E-state index contributed by atoms with van der Waals surface area (Å²) < 4.78 is 16.2. The van der Waals surface area contributed by atoms with Gasteiger partial charge < -0.3 is 19.5 Å². The van der Waals surface area contributed by atoms with Crippen LogP contribution in [0.4, 0.5) is 11.4 Å². The molecule has 0 saturated heterocycles. The molecule has 2 aliphatic heterocycles. The lowest BCUT2D eigenvalue weighted by Crippen LogP contribution is -2.34. The summed E-state index contributed by atoms with van der Waals surface area (Å²) in [6.45, 7) is 4.53. The monoisotopic (exact) mass is 453 g/mol. The number of imide groups is 1. The molecule has 4 rings (SSSR count). The molecular formula is C23H23N3O7. The summed E-state index contributed by atoms with van der Waals surface area (Å²) in [6.07, 6.45) is 0.535. The number of nitro groups is 1. The maximum absolute atomic E-state index is 13.2. The van der Waals surface area contributed by atoms with Gasteiger partial charge in [0.1, 0.15) is 5.70 Å². The number of non-ortho nitro benzene ring substituents is 1.